The molecule has 1 saturated carbocycles. The van der Waals surface area contributed by atoms with Crippen LogP contribution < -0.4 is 5.32 Å². The van der Waals surface area contributed by atoms with Crippen LogP contribution in [0.2, 0.25) is 0 Å². The number of nitrogens with zero attached hydrogens (tertiary/aromatic N) is 1. The molecule has 0 aromatic rings. The third kappa shape index (κ3) is 2.87. The van der Waals surface area contributed by atoms with Crippen molar-refractivity contribution in [2.24, 2.45) is 11.8 Å². The number of rotatable bonds is 4. The second-order valence-corrected chi connectivity index (χ2v) is 6.17. The molecular formula is C15H28N2O. The molecule has 2 aliphatic rings. The van der Waals surface area contributed by atoms with E-state index in [0.29, 0.717) is 5.91 Å². The smallest absolute Gasteiger partial charge is 0.241 e. The van der Waals surface area contributed by atoms with Gasteiger partial charge >= 0.3 is 0 Å². The zero-order valence-electron chi connectivity index (χ0n) is 12.1. The molecule has 1 heterocycles. The van der Waals surface area contributed by atoms with E-state index in [1.54, 1.807) is 0 Å². The Balaban J connectivity index is 1.92. The van der Waals surface area contributed by atoms with Gasteiger partial charge in [0.2, 0.25) is 5.91 Å². The van der Waals surface area contributed by atoms with E-state index in [1.807, 2.05) is 0 Å². The van der Waals surface area contributed by atoms with Crippen LogP contribution in [0.1, 0.15) is 59.3 Å². The monoisotopic (exact) mass is 252 g/mol. The predicted molar refractivity (Wildman–Crippen MR) is 74.1 cm³/mol. The minimum Gasteiger partial charge on any atom is -0.326 e. The lowest BCUT2D eigenvalue weighted by atomic mass is 9.83. The summed E-state index contributed by atoms with van der Waals surface area (Å²) in [6.45, 7) is 7.58. The van der Waals surface area contributed by atoms with Gasteiger partial charge in [-0.3, -0.25) is 10.1 Å². The van der Waals surface area contributed by atoms with Crippen LogP contribution >= 0.6 is 0 Å². The number of amides is 1. The van der Waals surface area contributed by atoms with Crippen LogP contribution in [0.5, 0.6) is 0 Å². The van der Waals surface area contributed by atoms with Crippen LogP contribution in [0.4, 0.5) is 0 Å². The van der Waals surface area contributed by atoms with Gasteiger partial charge in [-0.25, -0.2) is 0 Å². The Bertz CT molecular complexity index is 284. The van der Waals surface area contributed by atoms with Gasteiger partial charge in [-0.05, 0) is 37.5 Å². The highest BCUT2D eigenvalue weighted by molar-refractivity contribution is 5.84. The third-order valence-corrected chi connectivity index (χ3v) is 4.74. The van der Waals surface area contributed by atoms with E-state index in [0.717, 1.165) is 31.2 Å². The highest BCUT2D eigenvalue weighted by Crippen LogP contribution is 2.30. The number of carbonyl (C=O) groups excluding carboxylic acids is 1. The van der Waals surface area contributed by atoms with E-state index >= 15 is 0 Å². The number of hydrogen-bond acceptors (Lipinski definition) is 2. The average molecular weight is 252 g/mol. The van der Waals surface area contributed by atoms with Crippen LogP contribution in [-0.4, -0.2) is 29.6 Å². The summed E-state index contributed by atoms with van der Waals surface area (Å²) in [5.41, 5.74) is 0. The Morgan fingerprint density at radius 1 is 1.17 bits per heavy atom. The van der Waals surface area contributed by atoms with E-state index in [-0.39, 0.29) is 12.2 Å². The highest BCUT2D eigenvalue weighted by atomic mass is 16.2. The minimum absolute atomic E-state index is 0.0671. The van der Waals surface area contributed by atoms with Gasteiger partial charge in [-0.15, -0.1) is 0 Å². The summed E-state index contributed by atoms with van der Waals surface area (Å²) in [4.78, 5) is 14.4. The molecule has 3 nitrogen and oxygen atoms in total. The van der Waals surface area contributed by atoms with Crippen LogP contribution in [-0.2, 0) is 4.79 Å². The SMILES string of the molecule is CCC1NC(CC)N(CC2CCC(C)CC2)C1=O. The summed E-state index contributed by atoms with van der Waals surface area (Å²) >= 11 is 0. The van der Waals surface area contributed by atoms with E-state index in [1.165, 1.54) is 25.7 Å². The van der Waals surface area contributed by atoms with E-state index < -0.39 is 0 Å². The van der Waals surface area contributed by atoms with Gasteiger partial charge in [0.1, 0.15) is 0 Å². The molecule has 3 heteroatoms. The summed E-state index contributed by atoms with van der Waals surface area (Å²) < 4.78 is 0. The van der Waals surface area contributed by atoms with Gasteiger partial charge in [0.05, 0.1) is 12.2 Å². The maximum absolute atomic E-state index is 12.3. The van der Waals surface area contributed by atoms with E-state index in [9.17, 15) is 4.79 Å². The van der Waals surface area contributed by atoms with Crippen LogP contribution in [0.3, 0.4) is 0 Å². The summed E-state index contributed by atoms with van der Waals surface area (Å²) in [6, 6.07) is 0.0671. The Hall–Kier alpha value is -0.570. The van der Waals surface area contributed by atoms with Crippen molar-refractivity contribution in [2.75, 3.05) is 6.54 Å². The third-order valence-electron chi connectivity index (χ3n) is 4.74. The van der Waals surface area contributed by atoms with Gasteiger partial charge in [-0.1, -0.05) is 33.6 Å². The van der Waals surface area contributed by atoms with Crippen LogP contribution in [0.15, 0.2) is 0 Å². The fourth-order valence-corrected chi connectivity index (χ4v) is 3.39. The molecular weight excluding hydrogens is 224 g/mol. The Morgan fingerprint density at radius 2 is 1.83 bits per heavy atom. The van der Waals surface area contributed by atoms with Gasteiger partial charge in [0, 0.05) is 6.54 Å². The lowest BCUT2D eigenvalue weighted by Crippen LogP contribution is -2.40. The van der Waals surface area contributed by atoms with Gasteiger partial charge in [0.15, 0.2) is 0 Å². The number of carbonyl (C=O) groups is 1. The second kappa shape index (κ2) is 6.05. The molecule has 1 N–H and O–H groups in total. The molecule has 0 bridgehead atoms. The minimum atomic E-state index is 0.0671. The van der Waals surface area contributed by atoms with Crippen LogP contribution in [0.25, 0.3) is 0 Å². The standard InChI is InChI=1S/C15H28N2O/c1-4-13-15(18)17(14(5-2)16-13)10-12-8-6-11(3)7-9-12/h11-14,16H,4-10H2,1-3H3. The number of nitrogens with one attached hydrogen (secondary N) is 1. The van der Waals surface area contributed by atoms with E-state index in [4.69, 9.17) is 0 Å². The Kier molecular flexibility index (Phi) is 4.66. The van der Waals surface area contributed by atoms with Crippen LogP contribution in [0, 0.1) is 11.8 Å². The quantitative estimate of drug-likeness (QED) is 0.834. The maximum atomic E-state index is 12.3. The van der Waals surface area contributed by atoms with Crippen molar-refractivity contribution in [3.8, 4) is 0 Å². The molecule has 104 valence electrons. The molecule has 0 radical (unpaired) electrons. The Morgan fingerprint density at radius 3 is 2.39 bits per heavy atom. The normalized spacial score (nSPS) is 37.3. The average Bonchev–Trinajstić information content (AvgIpc) is 2.69. The van der Waals surface area contributed by atoms with Crippen molar-refractivity contribution in [1.82, 2.24) is 10.2 Å². The summed E-state index contributed by atoms with van der Waals surface area (Å²) in [5.74, 6) is 1.96. The van der Waals surface area contributed by atoms with Crippen molar-refractivity contribution in [2.45, 2.75) is 71.5 Å². The summed E-state index contributed by atoms with van der Waals surface area (Å²) in [5, 5.41) is 3.46. The number of hydrogen-bond donors (Lipinski definition) is 1. The first-order chi connectivity index (χ1) is 8.65. The molecule has 1 saturated heterocycles. The molecule has 1 aliphatic heterocycles. The fourth-order valence-electron chi connectivity index (χ4n) is 3.39. The molecule has 0 spiro atoms. The first-order valence-corrected chi connectivity index (χ1v) is 7.72. The first-order valence-electron chi connectivity index (χ1n) is 7.72. The van der Waals surface area contributed by atoms with Crippen molar-refractivity contribution in [1.29, 1.82) is 0 Å². The molecule has 0 aromatic heterocycles. The molecule has 2 atom stereocenters. The largest absolute Gasteiger partial charge is 0.326 e. The molecule has 1 amide bonds. The molecule has 1 aliphatic carbocycles. The van der Waals surface area contributed by atoms with E-state index in [2.05, 4.69) is 31.0 Å². The lowest BCUT2D eigenvalue weighted by molar-refractivity contribution is -0.130. The maximum Gasteiger partial charge on any atom is 0.241 e. The zero-order chi connectivity index (χ0) is 13.1. The molecule has 2 unspecified atom stereocenters. The summed E-state index contributed by atoms with van der Waals surface area (Å²) in [7, 11) is 0. The molecule has 2 fully saturated rings. The zero-order valence-corrected chi connectivity index (χ0v) is 12.1. The molecule has 18 heavy (non-hydrogen) atoms. The van der Waals surface area contributed by atoms with Crippen molar-refractivity contribution in [3.05, 3.63) is 0 Å². The molecule has 0 aromatic carbocycles. The van der Waals surface area contributed by atoms with Crippen molar-refractivity contribution in [3.63, 3.8) is 0 Å². The second-order valence-electron chi connectivity index (χ2n) is 6.17. The summed E-state index contributed by atoms with van der Waals surface area (Å²) in [6.07, 6.45) is 7.50. The van der Waals surface area contributed by atoms with Gasteiger partial charge in [-0.2, -0.15) is 0 Å². The highest BCUT2D eigenvalue weighted by Gasteiger charge is 2.37. The van der Waals surface area contributed by atoms with Crippen molar-refractivity contribution < 1.29 is 4.79 Å². The molecule has 2 rings (SSSR count). The van der Waals surface area contributed by atoms with Gasteiger partial charge < -0.3 is 4.90 Å². The Labute approximate surface area is 111 Å². The lowest BCUT2D eigenvalue weighted by Gasteiger charge is -2.32. The predicted octanol–water partition coefficient (Wildman–Crippen LogP) is 2.76. The van der Waals surface area contributed by atoms with Gasteiger partial charge in [0.25, 0.3) is 0 Å². The fraction of sp³-hybridized carbons (Fsp3) is 0.933. The van der Waals surface area contributed by atoms with Crippen molar-refractivity contribution >= 4 is 5.91 Å². The topological polar surface area (TPSA) is 32.3 Å². The first kappa shape index (κ1) is 13.9.